The van der Waals surface area contributed by atoms with Gasteiger partial charge in [0.15, 0.2) is 9.84 Å². The molecule has 1 aromatic heterocycles. The zero-order chi connectivity index (χ0) is 16.6. The Bertz CT molecular complexity index is 743. The highest BCUT2D eigenvalue weighted by atomic mass is 32.2. The summed E-state index contributed by atoms with van der Waals surface area (Å²) in [6.07, 6.45) is 2.39. The number of amides is 2. The summed E-state index contributed by atoms with van der Waals surface area (Å²) in [6.45, 7) is 0. The SMILES string of the molecule is CN(C(=O)c1cccc(C(=O)NC2CC2)n1)C1CCS(=O)(=O)C1. The number of pyridine rings is 1. The van der Waals surface area contributed by atoms with E-state index in [9.17, 15) is 18.0 Å². The van der Waals surface area contributed by atoms with Crippen LogP contribution in [0.15, 0.2) is 18.2 Å². The van der Waals surface area contributed by atoms with Crippen molar-refractivity contribution in [2.75, 3.05) is 18.6 Å². The van der Waals surface area contributed by atoms with Crippen LogP contribution in [0.2, 0.25) is 0 Å². The molecule has 1 aromatic rings. The van der Waals surface area contributed by atoms with Crippen molar-refractivity contribution >= 4 is 21.7 Å². The number of sulfone groups is 1. The Morgan fingerprint density at radius 2 is 1.91 bits per heavy atom. The summed E-state index contributed by atoms with van der Waals surface area (Å²) in [7, 11) is -1.49. The van der Waals surface area contributed by atoms with Crippen LogP contribution in [0.5, 0.6) is 0 Å². The molecule has 8 heteroatoms. The van der Waals surface area contributed by atoms with Crippen molar-refractivity contribution in [2.45, 2.75) is 31.3 Å². The van der Waals surface area contributed by atoms with Gasteiger partial charge in [0.1, 0.15) is 11.4 Å². The zero-order valence-electron chi connectivity index (χ0n) is 12.9. The van der Waals surface area contributed by atoms with Crippen molar-refractivity contribution in [3.8, 4) is 0 Å². The number of carbonyl (C=O) groups excluding carboxylic acids is 2. The molecule has 0 aromatic carbocycles. The van der Waals surface area contributed by atoms with Crippen LogP contribution >= 0.6 is 0 Å². The zero-order valence-corrected chi connectivity index (χ0v) is 13.7. The van der Waals surface area contributed by atoms with E-state index in [2.05, 4.69) is 10.3 Å². The molecule has 1 saturated heterocycles. The molecule has 7 nitrogen and oxygen atoms in total. The van der Waals surface area contributed by atoms with Crippen LogP contribution < -0.4 is 5.32 Å². The average Bonchev–Trinajstić information content (AvgIpc) is 3.26. The van der Waals surface area contributed by atoms with Crippen LogP contribution in [0.3, 0.4) is 0 Å². The highest BCUT2D eigenvalue weighted by molar-refractivity contribution is 7.91. The van der Waals surface area contributed by atoms with Crippen molar-refractivity contribution in [3.05, 3.63) is 29.6 Å². The maximum atomic E-state index is 12.5. The maximum absolute atomic E-state index is 12.5. The van der Waals surface area contributed by atoms with Gasteiger partial charge in [-0.1, -0.05) is 6.07 Å². The highest BCUT2D eigenvalue weighted by Crippen LogP contribution is 2.20. The van der Waals surface area contributed by atoms with Crippen molar-refractivity contribution < 1.29 is 18.0 Å². The van der Waals surface area contributed by atoms with Crippen molar-refractivity contribution in [3.63, 3.8) is 0 Å². The van der Waals surface area contributed by atoms with E-state index in [1.165, 1.54) is 11.0 Å². The van der Waals surface area contributed by atoms with Crippen molar-refractivity contribution in [1.82, 2.24) is 15.2 Å². The van der Waals surface area contributed by atoms with Crippen LogP contribution in [0, 0.1) is 0 Å². The molecule has 23 heavy (non-hydrogen) atoms. The second kappa shape index (κ2) is 5.92. The van der Waals surface area contributed by atoms with Gasteiger partial charge in [-0.3, -0.25) is 9.59 Å². The molecular weight excluding hydrogens is 318 g/mol. The molecule has 2 amide bonds. The first-order valence-corrected chi connectivity index (χ1v) is 9.43. The average molecular weight is 337 g/mol. The molecule has 0 bridgehead atoms. The van der Waals surface area contributed by atoms with Gasteiger partial charge in [-0.2, -0.15) is 0 Å². The van der Waals surface area contributed by atoms with Crippen LogP contribution in [0.25, 0.3) is 0 Å². The lowest BCUT2D eigenvalue weighted by Gasteiger charge is -2.23. The lowest BCUT2D eigenvalue weighted by atomic mass is 10.2. The van der Waals surface area contributed by atoms with E-state index < -0.39 is 9.84 Å². The number of nitrogens with one attached hydrogen (secondary N) is 1. The van der Waals surface area contributed by atoms with Crippen molar-refractivity contribution in [1.29, 1.82) is 0 Å². The summed E-state index contributed by atoms with van der Waals surface area (Å²) < 4.78 is 23.1. The van der Waals surface area contributed by atoms with E-state index in [-0.39, 0.29) is 46.8 Å². The first-order valence-electron chi connectivity index (χ1n) is 7.61. The minimum atomic E-state index is -3.06. The largest absolute Gasteiger partial charge is 0.348 e. The van der Waals surface area contributed by atoms with Gasteiger partial charge in [0.2, 0.25) is 0 Å². The Kier molecular flexibility index (Phi) is 4.09. The number of carbonyl (C=O) groups is 2. The fraction of sp³-hybridized carbons (Fsp3) is 0.533. The summed E-state index contributed by atoms with van der Waals surface area (Å²) in [5.41, 5.74) is 0.357. The fourth-order valence-corrected chi connectivity index (χ4v) is 4.37. The Balaban J connectivity index is 1.72. The maximum Gasteiger partial charge on any atom is 0.272 e. The molecule has 1 aliphatic heterocycles. The monoisotopic (exact) mass is 337 g/mol. The highest BCUT2D eigenvalue weighted by Gasteiger charge is 2.33. The summed E-state index contributed by atoms with van der Waals surface area (Å²) in [4.78, 5) is 30.0. The Morgan fingerprint density at radius 1 is 1.22 bits per heavy atom. The summed E-state index contributed by atoms with van der Waals surface area (Å²) in [5, 5.41) is 2.83. The number of rotatable bonds is 4. The molecule has 2 fully saturated rings. The predicted octanol–water partition coefficient (Wildman–Crippen LogP) is 0.233. The molecule has 3 rings (SSSR count). The van der Waals surface area contributed by atoms with Gasteiger partial charge in [-0.25, -0.2) is 13.4 Å². The lowest BCUT2D eigenvalue weighted by molar-refractivity contribution is 0.0741. The van der Waals surface area contributed by atoms with E-state index in [0.29, 0.717) is 6.42 Å². The van der Waals surface area contributed by atoms with E-state index in [0.717, 1.165) is 12.8 Å². The summed E-state index contributed by atoms with van der Waals surface area (Å²) in [6, 6.07) is 4.60. The van der Waals surface area contributed by atoms with Crippen molar-refractivity contribution in [2.24, 2.45) is 0 Å². The minimum absolute atomic E-state index is 0.0168. The predicted molar refractivity (Wildman–Crippen MR) is 83.9 cm³/mol. The molecule has 1 unspecified atom stereocenters. The third-order valence-corrected chi connectivity index (χ3v) is 5.94. The van der Waals surface area contributed by atoms with Gasteiger partial charge in [-0.15, -0.1) is 0 Å². The van der Waals surface area contributed by atoms with Crippen LogP contribution in [0.1, 0.15) is 40.2 Å². The number of hydrogen-bond acceptors (Lipinski definition) is 5. The first kappa shape index (κ1) is 15.9. The molecule has 0 spiro atoms. The summed E-state index contributed by atoms with van der Waals surface area (Å²) in [5.74, 6) is -0.565. The van der Waals surface area contributed by atoms with Gasteiger partial charge in [-0.05, 0) is 31.4 Å². The molecule has 2 aliphatic rings. The Labute approximate surface area is 135 Å². The first-order chi connectivity index (χ1) is 10.9. The van der Waals surface area contributed by atoms with Gasteiger partial charge < -0.3 is 10.2 Å². The fourth-order valence-electron chi connectivity index (χ4n) is 2.59. The molecular formula is C15H19N3O4S. The third-order valence-electron chi connectivity index (χ3n) is 4.19. The van der Waals surface area contributed by atoms with E-state index in [4.69, 9.17) is 0 Å². The molecule has 2 heterocycles. The Morgan fingerprint density at radius 3 is 2.52 bits per heavy atom. The molecule has 1 N–H and O–H groups in total. The second-order valence-electron chi connectivity index (χ2n) is 6.13. The van der Waals surface area contributed by atoms with Gasteiger partial charge in [0.25, 0.3) is 11.8 Å². The van der Waals surface area contributed by atoms with Gasteiger partial charge >= 0.3 is 0 Å². The van der Waals surface area contributed by atoms with Gasteiger partial charge in [0.05, 0.1) is 11.5 Å². The topological polar surface area (TPSA) is 96.4 Å². The third kappa shape index (κ3) is 3.69. The van der Waals surface area contributed by atoms with E-state index in [1.54, 1.807) is 19.2 Å². The van der Waals surface area contributed by atoms with Crippen LogP contribution in [-0.2, 0) is 9.84 Å². The molecule has 0 radical (unpaired) electrons. The molecule has 1 aliphatic carbocycles. The smallest absolute Gasteiger partial charge is 0.272 e. The quantitative estimate of drug-likeness (QED) is 0.848. The standard InChI is InChI=1S/C15H19N3O4S/c1-18(11-7-8-23(21,22)9-11)15(20)13-4-2-3-12(17-13)14(19)16-10-5-6-10/h2-4,10-11H,5-9H2,1H3,(H,16,19). The number of hydrogen-bond donors (Lipinski definition) is 1. The van der Waals surface area contributed by atoms with Crippen LogP contribution in [0.4, 0.5) is 0 Å². The van der Waals surface area contributed by atoms with Gasteiger partial charge in [0, 0.05) is 19.1 Å². The number of aromatic nitrogens is 1. The van der Waals surface area contributed by atoms with Crippen LogP contribution in [-0.4, -0.2) is 60.8 Å². The molecule has 124 valence electrons. The van der Waals surface area contributed by atoms with E-state index >= 15 is 0 Å². The molecule has 1 saturated carbocycles. The normalized spacial score (nSPS) is 22.6. The lowest BCUT2D eigenvalue weighted by Crippen LogP contribution is -2.38. The second-order valence-corrected chi connectivity index (χ2v) is 8.36. The van der Waals surface area contributed by atoms with E-state index in [1.807, 2.05) is 0 Å². The minimum Gasteiger partial charge on any atom is -0.348 e. The summed E-state index contributed by atoms with van der Waals surface area (Å²) >= 11 is 0. The Hall–Kier alpha value is -1.96. The number of nitrogens with zero attached hydrogens (tertiary/aromatic N) is 2. The molecule has 1 atom stereocenters.